The first-order chi connectivity index (χ1) is 14.0. The Morgan fingerprint density at radius 1 is 1.17 bits per heavy atom. The number of methoxy groups -OCH3 is 2. The van der Waals surface area contributed by atoms with Crippen molar-refractivity contribution in [2.24, 2.45) is 0 Å². The maximum Gasteiger partial charge on any atom is 0.234 e. The van der Waals surface area contributed by atoms with Gasteiger partial charge in [-0.15, -0.1) is 10.2 Å². The van der Waals surface area contributed by atoms with Crippen LogP contribution in [0.25, 0.3) is 11.4 Å². The van der Waals surface area contributed by atoms with E-state index in [0.29, 0.717) is 40.3 Å². The van der Waals surface area contributed by atoms with Crippen LogP contribution in [0.15, 0.2) is 47.6 Å². The highest BCUT2D eigenvalue weighted by molar-refractivity contribution is 7.99. The first-order valence-corrected chi connectivity index (χ1v) is 9.88. The summed E-state index contributed by atoms with van der Waals surface area (Å²) >= 11 is 1.26. The summed E-state index contributed by atoms with van der Waals surface area (Å²) in [6, 6.07) is 11.3. The van der Waals surface area contributed by atoms with Gasteiger partial charge in [-0.2, -0.15) is 0 Å². The summed E-state index contributed by atoms with van der Waals surface area (Å²) in [6.07, 6.45) is 0. The molecule has 0 spiro atoms. The molecule has 9 heteroatoms. The van der Waals surface area contributed by atoms with Gasteiger partial charge >= 0.3 is 0 Å². The zero-order valence-electron chi connectivity index (χ0n) is 16.3. The monoisotopic (exact) mass is 416 g/mol. The van der Waals surface area contributed by atoms with Crippen LogP contribution in [0.4, 0.5) is 10.1 Å². The molecule has 1 amide bonds. The van der Waals surface area contributed by atoms with Gasteiger partial charge in [-0.25, -0.2) is 4.39 Å². The first kappa shape index (κ1) is 20.7. The summed E-state index contributed by atoms with van der Waals surface area (Å²) in [5.41, 5.74) is 1.19. The second kappa shape index (κ2) is 9.42. The van der Waals surface area contributed by atoms with E-state index < -0.39 is 0 Å². The van der Waals surface area contributed by atoms with Crippen molar-refractivity contribution in [1.29, 1.82) is 0 Å². The number of aromatic nitrogens is 3. The van der Waals surface area contributed by atoms with E-state index in [-0.39, 0.29) is 17.5 Å². The fourth-order valence-electron chi connectivity index (χ4n) is 2.74. The fourth-order valence-corrected chi connectivity index (χ4v) is 3.54. The molecule has 1 aromatic heterocycles. The van der Waals surface area contributed by atoms with E-state index >= 15 is 0 Å². The summed E-state index contributed by atoms with van der Waals surface area (Å²) in [6.45, 7) is 2.54. The minimum atomic E-state index is -0.338. The minimum Gasteiger partial charge on any atom is -0.497 e. The molecule has 2 aromatic carbocycles. The molecule has 29 heavy (non-hydrogen) atoms. The van der Waals surface area contributed by atoms with Crippen LogP contribution in [0.5, 0.6) is 11.5 Å². The molecule has 7 nitrogen and oxygen atoms in total. The number of nitrogens with zero attached hydrogens (tertiary/aromatic N) is 3. The number of carbonyl (C=O) groups is 1. The minimum absolute atomic E-state index is 0.135. The molecule has 1 N–H and O–H groups in total. The van der Waals surface area contributed by atoms with Crippen LogP contribution in [0.1, 0.15) is 6.92 Å². The maximum absolute atomic E-state index is 13.5. The highest BCUT2D eigenvalue weighted by Crippen LogP contribution is 2.29. The van der Waals surface area contributed by atoms with Crippen molar-refractivity contribution in [3.63, 3.8) is 0 Å². The van der Waals surface area contributed by atoms with Gasteiger partial charge in [0.05, 0.1) is 25.7 Å². The number of halogens is 1. The smallest absolute Gasteiger partial charge is 0.234 e. The SMILES string of the molecule is CCn1c(SCC(=O)Nc2ccc(OC)cc2OC)nnc1-c1cccc(F)c1. The number of nitrogens with one attached hydrogen (secondary N) is 1. The van der Waals surface area contributed by atoms with E-state index in [4.69, 9.17) is 9.47 Å². The van der Waals surface area contributed by atoms with Crippen LogP contribution in [0, 0.1) is 5.82 Å². The van der Waals surface area contributed by atoms with Crippen molar-refractivity contribution in [1.82, 2.24) is 14.8 Å². The predicted octanol–water partition coefficient (Wildman–Crippen LogP) is 3.85. The van der Waals surface area contributed by atoms with Crippen molar-refractivity contribution in [3.05, 3.63) is 48.3 Å². The average molecular weight is 416 g/mol. The van der Waals surface area contributed by atoms with Crippen LogP contribution >= 0.6 is 11.8 Å². The third-order valence-corrected chi connectivity index (χ3v) is 5.10. The van der Waals surface area contributed by atoms with E-state index in [1.54, 1.807) is 37.4 Å². The van der Waals surface area contributed by atoms with Gasteiger partial charge in [-0.1, -0.05) is 23.9 Å². The largest absolute Gasteiger partial charge is 0.497 e. The van der Waals surface area contributed by atoms with Crippen LogP contribution in [-0.4, -0.2) is 40.6 Å². The van der Waals surface area contributed by atoms with Crippen LogP contribution in [0.2, 0.25) is 0 Å². The normalized spacial score (nSPS) is 10.6. The molecule has 3 rings (SSSR count). The molecular formula is C20H21FN4O3S. The number of carbonyl (C=O) groups excluding carboxylic acids is 1. The predicted molar refractivity (Wildman–Crippen MR) is 110 cm³/mol. The third-order valence-electron chi connectivity index (χ3n) is 4.13. The Hall–Kier alpha value is -3.07. The standard InChI is InChI=1S/C20H21FN4O3S/c1-4-25-19(13-6-5-7-14(21)10-13)23-24-20(25)29-12-18(26)22-16-9-8-15(27-2)11-17(16)28-3/h5-11H,4,12H2,1-3H3,(H,22,26). The Bertz CT molecular complexity index is 1010. The number of benzene rings is 2. The van der Waals surface area contributed by atoms with Crippen molar-refractivity contribution in [2.75, 3.05) is 25.3 Å². The molecule has 0 atom stereocenters. The van der Waals surface area contributed by atoms with Crippen molar-refractivity contribution in [2.45, 2.75) is 18.6 Å². The highest BCUT2D eigenvalue weighted by atomic mass is 32.2. The Morgan fingerprint density at radius 2 is 2.00 bits per heavy atom. The zero-order valence-corrected chi connectivity index (χ0v) is 17.1. The highest BCUT2D eigenvalue weighted by Gasteiger charge is 2.16. The summed E-state index contributed by atoms with van der Waals surface area (Å²) in [7, 11) is 3.09. The lowest BCUT2D eigenvalue weighted by Gasteiger charge is -2.11. The number of hydrogen-bond acceptors (Lipinski definition) is 6. The molecule has 3 aromatic rings. The lowest BCUT2D eigenvalue weighted by Crippen LogP contribution is -2.15. The van der Waals surface area contributed by atoms with Gasteiger partial charge in [0, 0.05) is 18.2 Å². The summed E-state index contributed by atoms with van der Waals surface area (Å²) < 4.78 is 25.8. The summed E-state index contributed by atoms with van der Waals surface area (Å²) in [5, 5.41) is 11.7. The number of ether oxygens (including phenoxy) is 2. The topological polar surface area (TPSA) is 78.3 Å². The molecule has 0 aliphatic heterocycles. The van der Waals surface area contributed by atoms with Crippen LogP contribution < -0.4 is 14.8 Å². The number of thioether (sulfide) groups is 1. The van der Waals surface area contributed by atoms with E-state index in [2.05, 4.69) is 15.5 Å². The van der Waals surface area contributed by atoms with Gasteiger partial charge in [-0.05, 0) is 31.2 Å². The second-order valence-corrected chi connectivity index (χ2v) is 6.91. The van der Waals surface area contributed by atoms with Gasteiger partial charge in [-0.3, -0.25) is 4.79 Å². The Kier molecular flexibility index (Phi) is 6.71. The molecule has 0 aliphatic rings. The molecule has 0 unspecified atom stereocenters. The first-order valence-electron chi connectivity index (χ1n) is 8.89. The van der Waals surface area contributed by atoms with Crippen molar-refractivity contribution >= 4 is 23.4 Å². The van der Waals surface area contributed by atoms with E-state index in [0.717, 1.165) is 0 Å². The molecule has 0 bridgehead atoms. The number of anilines is 1. The third kappa shape index (κ3) is 4.86. The maximum atomic E-state index is 13.5. The lowest BCUT2D eigenvalue weighted by molar-refractivity contribution is -0.113. The van der Waals surface area contributed by atoms with E-state index in [9.17, 15) is 9.18 Å². The quantitative estimate of drug-likeness (QED) is 0.562. The zero-order chi connectivity index (χ0) is 20.8. The second-order valence-electron chi connectivity index (χ2n) is 5.96. The fraction of sp³-hybridized carbons (Fsp3) is 0.250. The van der Waals surface area contributed by atoms with Gasteiger partial charge in [0.1, 0.15) is 17.3 Å². The number of hydrogen-bond donors (Lipinski definition) is 1. The summed E-state index contributed by atoms with van der Waals surface area (Å²) in [4.78, 5) is 12.4. The van der Waals surface area contributed by atoms with Crippen LogP contribution in [0.3, 0.4) is 0 Å². The van der Waals surface area contributed by atoms with Gasteiger partial charge in [0.2, 0.25) is 5.91 Å². The molecule has 0 saturated carbocycles. The van der Waals surface area contributed by atoms with Gasteiger partial charge < -0.3 is 19.4 Å². The molecular weight excluding hydrogens is 395 g/mol. The van der Waals surface area contributed by atoms with Crippen LogP contribution in [-0.2, 0) is 11.3 Å². The van der Waals surface area contributed by atoms with Gasteiger partial charge in [0.15, 0.2) is 11.0 Å². The summed E-state index contributed by atoms with van der Waals surface area (Å²) in [5.74, 6) is 1.29. The van der Waals surface area contributed by atoms with Gasteiger partial charge in [0.25, 0.3) is 0 Å². The van der Waals surface area contributed by atoms with E-state index in [1.807, 2.05) is 11.5 Å². The van der Waals surface area contributed by atoms with Crippen molar-refractivity contribution in [3.8, 4) is 22.9 Å². The number of amides is 1. The molecule has 1 heterocycles. The lowest BCUT2D eigenvalue weighted by atomic mass is 10.2. The Morgan fingerprint density at radius 3 is 2.69 bits per heavy atom. The Balaban J connectivity index is 1.69. The average Bonchev–Trinajstić information content (AvgIpc) is 3.15. The molecule has 152 valence electrons. The molecule has 0 aliphatic carbocycles. The Labute approximate surface area is 172 Å². The van der Waals surface area contributed by atoms with E-state index in [1.165, 1.54) is 31.0 Å². The molecule has 0 fully saturated rings. The van der Waals surface area contributed by atoms with Crippen molar-refractivity contribution < 1.29 is 18.7 Å². The number of rotatable bonds is 8. The molecule has 0 saturated heterocycles. The molecule has 0 radical (unpaired) electrons.